The zero-order valence-corrected chi connectivity index (χ0v) is 13.3. The lowest BCUT2D eigenvalue weighted by molar-refractivity contribution is 0.141. The molecule has 0 saturated carbocycles. The molecule has 124 valence electrons. The highest BCUT2D eigenvalue weighted by atomic mass is 16.5. The minimum atomic E-state index is 0.141. The predicted octanol–water partition coefficient (Wildman–Crippen LogP) is 3.49. The fourth-order valence-corrected chi connectivity index (χ4v) is 2.42. The second kappa shape index (κ2) is 7.66. The number of nitrogens with two attached hydrogens (primary N) is 1. The molecule has 1 atom stereocenters. The average Bonchev–Trinajstić information content (AvgIpc) is 3.10. The quantitative estimate of drug-likeness (QED) is 0.797. The van der Waals surface area contributed by atoms with Gasteiger partial charge in [0.05, 0.1) is 18.9 Å². The normalized spacial score (nSPS) is 17.1. The minimum Gasteiger partial charge on any atom is -0.488 e. The van der Waals surface area contributed by atoms with Crippen LogP contribution >= 0.6 is 0 Å². The first kappa shape index (κ1) is 16.1. The predicted molar refractivity (Wildman–Crippen MR) is 93.0 cm³/mol. The van der Waals surface area contributed by atoms with Crippen LogP contribution in [0.25, 0.3) is 0 Å². The Balaban J connectivity index is 1.60. The molecule has 0 unspecified atom stereocenters. The molecule has 1 fully saturated rings. The van der Waals surface area contributed by atoms with Crippen molar-refractivity contribution in [1.29, 1.82) is 5.41 Å². The summed E-state index contributed by atoms with van der Waals surface area (Å²) in [6.45, 7) is 1.42. The zero-order valence-electron chi connectivity index (χ0n) is 13.3. The first-order chi connectivity index (χ1) is 11.7. The zero-order chi connectivity index (χ0) is 16.8. The van der Waals surface area contributed by atoms with E-state index in [0.717, 1.165) is 30.1 Å². The first-order valence-corrected chi connectivity index (χ1v) is 7.84. The Morgan fingerprint density at radius 1 is 1.04 bits per heavy atom. The number of rotatable bonds is 6. The van der Waals surface area contributed by atoms with E-state index in [1.54, 1.807) is 6.08 Å². The van der Waals surface area contributed by atoms with E-state index in [1.165, 1.54) is 6.20 Å². The van der Waals surface area contributed by atoms with Gasteiger partial charge >= 0.3 is 0 Å². The molecule has 1 saturated heterocycles. The molecule has 1 aliphatic heterocycles. The fourth-order valence-electron chi connectivity index (χ4n) is 2.42. The van der Waals surface area contributed by atoms with Gasteiger partial charge in [0.15, 0.2) is 0 Å². The molecule has 0 radical (unpaired) electrons. The number of ether oxygens (including phenoxy) is 3. The molecule has 3 N–H and O–H groups in total. The van der Waals surface area contributed by atoms with E-state index in [4.69, 9.17) is 25.4 Å². The fraction of sp³-hybridized carbons (Fsp3) is 0.211. The van der Waals surface area contributed by atoms with Crippen LogP contribution in [0.3, 0.4) is 0 Å². The lowest BCUT2D eigenvalue weighted by Gasteiger charge is -2.12. The van der Waals surface area contributed by atoms with E-state index in [-0.39, 0.29) is 6.10 Å². The van der Waals surface area contributed by atoms with Gasteiger partial charge in [0.25, 0.3) is 0 Å². The van der Waals surface area contributed by atoms with Gasteiger partial charge in [0, 0.05) is 6.42 Å². The van der Waals surface area contributed by atoms with E-state index in [2.05, 4.69) is 0 Å². The van der Waals surface area contributed by atoms with E-state index >= 15 is 0 Å². The highest BCUT2D eigenvalue weighted by Gasteiger charge is 2.16. The number of allylic oxidation sites excluding steroid dienone is 1. The maximum atomic E-state index is 7.81. The van der Waals surface area contributed by atoms with Gasteiger partial charge in [-0.2, -0.15) is 0 Å². The Bertz CT molecular complexity index is 702. The van der Waals surface area contributed by atoms with Crippen molar-refractivity contribution in [2.24, 2.45) is 5.73 Å². The largest absolute Gasteiger partial charge is 0.488 e. The van der Waals surface area contributed by atoms with Gasteiger partial charge in [-0.15, -0.1) is 0 Å². The van der Waals surface area contributed by atoms with Crippen LogP contribution < -0.4 is 15.2 Å². The van der Waals surface area contributed by atoms with Gasteiger partial charge < -0.3 is 25.4 Å². The molecule has 0 spiro atoms. The molecule has 5 nitrogen and oxygen atoms in total. The van der Waals surface area contributed by atoms with Crippen LogP contribution in [0, 0.1) is 5.41 Å². The average molecular weight is 324 g/mol. The van der Waals surface area contributed by atoms with E-state index < -0.39 is 0 Å². The van der Waals surface area contributed by atoms with Crippen LogP contribution in [0.4, 0.5) is 0 Å². The number of benzene rings is 2. The number of nitrogens with one attached hydrogen (secondary N) is 1. The number of hydrogen-bond acceptors (Lipinski definition) is 5. The third-order valence-corrected chi connectivity index (χ3v) is 3.68. The molecule has 3 rings (SSSR count). The Labute approximate surface area is 141 Å². The van der Waals surface area contributed by atoms with E-state index in [0.29, 0.717) is 18.1 Å². The van der Waals surface area contributed by atoms with Crippen molar-refractivity contribution < 1.29 is 14.2 Å². The summed E-state index contributed by atoms with van der Waals surface area (Å²) in [5.41, 5.74) is 6.45. The molecule has 1 heterocycles. The van der Waals surface area contributed by atoms with Gasteiger partial charge in [-0.05, 0) is 66.4 Å². The van der Waals surface area contributed by atoms with Crippen molar-refractivity contribution in [3.05, 3.63) is 66.4 Å². The lowest BCUT2D eigenvalue weighted by Crippen LogP contribution is -2.15. The Morgan fingerprint density at radius 2 is 1.67 bits per heavy atom. The summed E-state index contributed by atoms with van der Waals surface area (Å²) in [5, 5.41) is 7.81. The van der Waals surface area contributed by atoms with Gasteiger partial charge in [-0.25, -0.2) is 0 Å². The summed E-state index contributed by atoms with van der Waals surface area (Å²) in [7, 11) is 0. The SMILES string of the molecule is N=C(C=CN)c1ccc(Oc2ccc(O[C@H]3CCOC3)cc2)cc1. The number of hydrogen-bond donors (Lipinski definition) is 2. The third kappa shape index (κ3) is 4.14. The Morgan fingerprint density at radius 3 is 2.25 bits per heavy atom. The van der Waals surface area contributed by atoms with Crippen molar-refractivity contribution in [3.8, 4) is 17.2 Å². The summed E-state index contributed by atoms with van der Waals surface area (Å²) < 4.78 is 16.9. The highest BCUT2D eigenvalue weighted by molar-refractivity contribution is 6.06. The van der Waals surface area contributed by atoms with Crippen molar-refractivity contribution >= 4 is 5.71 Å². The molecule has 2 aromatic rings. The summed E-state index contributed by atoms with van der Waals surface area (Å²) in [4.78, 5) is 0. The Hall–Kier alpha value is -2.79. The van der Waals surface area contributed by atoms with Crippen molar-refractivity contribution in [1.82, 2.24) is 0 Å². The summed E-state index contributed by atoms with van der Waals surface area (Å²) in [5.74, 6) is 2.26. The van der Waals surface area contributed by atoms with Gasteiger partial charge in [0.1, 0.15) is 23.4 Å². The third-order valence-electron chi connectivity index (χ3n) is 3.68. The van der Waals surface area contributed by atoms with Crippen LogP contribution in [0.15, 0.2) is 60.8 Å². The molecule has 0 aromatic heterocycles. The van der Waals surface area contributed by atoms with E-state index in [9.17, 15) is 0 Å². The highest BCUT2D eigenvalue weighted by Crippen LogP contribution is 2.25. The monoisotopic (exact) mass is 324 g/mol. The molecular formula is C19H20N2O3. The summed E-state index contributed by atoms with van der Waals surface area (Å²) >= 11 is 0. The molecule has 0 bridgehead atoms. The van der Waals surface area contributed by atoms with Crippen molar-refractivity contribution in [3.63, 3.8) is 0 Å². The van der Waals surface area contributed by atoms with Crippen LogP contribution in [-0.2, 0) is 4.74 Å². The summed E-state index contributed by atoms with van der Waals surface area (Å²) in [6.07, 6.45) is 3.97. The molecule has 0 amide bonds. The molecular weight excluding hydrogens is 304 g/mol. The summed E-state index contributed by atoms with van der Waals surface area (Å²) in [6, 6.07) is 14.8. The van der Waals surface area contributed by atoms with Crippen LogP contribution in [-0.4, -0.2) is 25.0 Å². The van der Waals surface area contributed by atoms with Crippen molar-refractivity contribution in [2.75, 3.05) is 13.2 Å². The van der Waals surface area contributed by atoms with E-state index in [1.807, 2.05) is 48.5 Å². The second-order valence-corrected chi connectivity index (χ2v) is 5.47. The smallest absolute Gasteiger partial charge is 0.127 e. The topological polar surface area (TPSA) is 77.6 Å². The molecule has 2 aromatic carbocycles. The van der Waals surface area contributed by atoms with Gasteiger partial charge in [-0.3, -0.25) is 0 Å². The molecule has 24 heavy (non-hydrogen) atoms. The lowest BCUT2D eigenvalue weighted by atomic mass is 10.1. The Kier molecular flexibility index (Phi) is 5.13. The maximum Gasteiger partial charge on any atom is 0.127 e. The molecule has 0 aliphatic carbocycles. The van der Waals surface area contributed by atoms with Gasteiger partial charge in [-0.1, -0.05) is 0 Å². The van der Waals surface area contributed by atoms with Crippen LogP contribution in [0.5, 0.6) is 17.2 Å². The maximum absolute atomic E-state index is 7.81. The molecule has 5 heteroatoms. The van der Waals surface area contributed by atoms with Crippen molar-refractivity contribution in [2.45, 2.75) is 12.5 Å². The first-order valence-electron chi connectivity index (χ1n) is 7.84. The second-order valence-electron chi connectivity index (χ2n) is 5.47. The minimum absolute atomic E-state index is 0.141. The molecule has 1 aliphatic rings. The van der Waals surface area contributed by atoms with Gasteiger partial charge in [0.2, 0.25) is 0 Å². The van der Waals surface area contributed by atoms with Crippen LogP contribution in [0.1, 0.15) is 12.0 Å². The standard InChI is InChI=1S/C19H20N2O3/c20-11-9-19(21)14-1-3-15(4-2-14)23-16-5-7-17(8-6-16)24-18-10-12-22-13-18/h1-9,11,18,21H,10,12-13,20H2/t18-/m0/s1. The van der Waals surface area contributed by atoms with Crippen LogP contribution in [0.2, 0.25) is 0 Å².